The van der Waals surface area contributed by atoms with E-state index in [9.17, 15) is 14.4 Å². The van der Waals surface area contributed by atoms with Crippen LogP contribution in [0.5, 0.6) is 0 Å². The summed E-state index contributed by atoms with van der Waals surface area (Å²) in [5.74, 6) is -0.0400. The van der Waals surface area contributed by atoms with Gasteiger partial charge in [-0.25, -0.2) is 14.8 Å². The molecule has 4 amide bonds. The van der Waals surface area contributed by atoms with Crippen molar-refractivity contribution in [3.05, 3.63) is 108 Å². The number of hydrazine groups is 1. The maximum atomic E-state index is 13.9. The van der Waals surface area contributed by atoms with Gasteiger partial charge in [0.25, 0.3) is 0 Å². The maximum absolute atomic E-state index is 13.9. The minimum atomic E-state index is -0.587. The predicted octanol–water partition coefficient (Wildman–Crippen LogP) is 4.45. The minimum Gasteiger partial charge on any atom is -0.337 e. The first-order chi connectivity index (χ1) is 20.0. The topological polar surface area (TPSA) is 76.2 Å². The first-order valence-corrected chi connectivity index (χ1v) is 14.5. The zero-order valence-corrected chi connectivity index (χ0v) is 23.9. The van der Waals surface area contributed by atoms with Gasteiger partial charge in [0.2, 0.25) is 11.8 Å². The molecule has 0 spiro atoms. The first kappa shape index (κ1) is 28.4. The molecule has 2 aliphatic rings. The lowest BCUT2D eigenvalue weighted by atomic mass is 9.88. The second-order valence-corrected chi connectivity index (χ2v) is 10.8. The van der Waals surface area contributed by atoms with E-state index in [4.69, 9.17) is 0 Å². The molecule has 2 aliphatic heterocycles. The lowest BCUT2D eigenvalue weighted by Crippen LogP contribution is -2.76. The Morgan fingerprint density at radius 1 is 0.902 bits per heavy atom. The van der Waals surface area contributed by atoms with Gasteiger partial charge in [-0.05, 0) is 29.5 Å². The fourth-order valence-corrected chi connectivity index (χ4v) is 6.09. The summed E-state index contributed by atoms with van der Waals surface area (Å²) < 4.78 is 0. The molecular formula is C33H39N5O3. The first-order valence-electron chi connectivity index (χ1n) is 14.5. The molecule has 0 aromatic heterocycles. The van der Waals surface area contributed by atoms with Crippen LogP contribution >= 0.6 is 0 Å². The van der Waals surface area contributed by atoms with Crippen LogP contribution < -0.4 is 5.32 Å². The molecule has 0 bridgehead atoms. The Morgan fingerprint density at radius 2 is 1.49 bits per heavy atom. The summed E-state index contributed by atoms with van der Waals surface area (Å²) in [6.45, 7) is 3.24. The molecule has 5 rings (SSSR count). The average Bonchev–Trinajstić information content (AvgIpc) is 2.99. The molecule has 1 N–H and O–H groups in total. The Labute approximate surface area is 242 Å². The van der Waals surface area contributed by atoms with E-state index in [2.05, 4.69) is 29.6 Å². The molecule has 2 saturated heterocycles. The highest BCUT2D eigenvalue weighted by molar-refractivity contribution is 5.91. The van der Waals surface area contributed by atoms with Crippen molar-refractivity contribution in [1.29, 1.82) is 0 Å². The molecule has 3 aromatic carbocycles. The molecule has 214 valence electrons. The van der Waals surface area contributed by atoms with E-state index in [1.165, 1.54) is 11.1 Å². The summed E-state index contributed by atoms with van der Waals surface area (Å²) in [5.41, 5.74) is 3.39. The summed E-state index contributed by atoms with van der Waals surface area (Å²) in [6, 6.07) is 29.6. The number of amides is 4. The predicted molar refractivity (Wildman–Crippen MR) is 158 cm³/mol. The molecule has 2 heterocycles. The summed E-state index contributed by atoms with van der Waals surface area (Å²) in [4.78, 5) is 44.3. The van der Waals surface area contributed by atoms with Crippen molar-refractivity contribution in [2.45, 2.75) is 50.9 Å². The molecule has 2 fully saturated rings. The molecular weight excluding hydrogens is 514 g/mol. The number of nitrogens with zero attached hydrogens (tertiary/aromatic N) is 4. The van der Waals surface area contributed by atoms with Gasteiger partial charge in [-0.3, -0.25) is 9.59 Å². The van der Waals surface area contributed by atoms with Crippen LogP contribution in [0.15, 0.2) is 91.0 Å². The average molecular weight is 554 g/mol. The standard InChI is InChI=1S/C33H39N5O3/c1-3-13-29-32(40)36(21-20-28(26-16-9-5-10-17-26)27-18-11-6-12-19-27)23-30-37(29)31(39)24-35(2)38(30)33(41)34-22-25-14-7-4-8-15-25/h4-12,14-19,28-30H,3,13,20-24H2,1-2H3,(H,34,41)/t29-,30?/m0/s1. The number of piperazine rings is 1. The summed E-state index contributed by atoms with van der Waals surface area (Å²) in [6.07, 6.45) is 1.47. The van der Waals surface area contributed by atoms with Crippen LogP contribution in [-0.2, 0) is 16.1 Å². The van der Waals surface area contributed by atoms with Gasteiger partial charge in [-0.1, -0.05) is 104 Å². The molecule has 0 saturated carbocycles. The smallest absolute Gasteiger partial charge is 0.334 e. The van der Waals surface area contributed by atoms with Gasteiger partial charge in [-0.2, -0.15) is 0 Å². The molecule has 41 heavy (non-hydrogen) atoms. The van der Waals surface area contributed by atoms with Crippen molar-refractivity contribution in [1.82, 2.24) is 25.1 Å². The van der Waals surface area contributed by atoms with Crippen LogP contribution in [0.1, 0.15) is 48.8 Å². The third-order valence-electron chi connectivity index (χ3n) is 8.09. The van der Waals surface area contributed by atoms with Crippen LogP contribution in [0, 0.1) is 0 Å². The lowest BCUT2D eigenvalue weighted by molar-refractivity contribution is -0.187. The monoisotopic (exact) mass is 553 g/mol. The van der Waals surface area contributed by atoms with Crippen molar-refractivity contribution >= 4 is 17.8 Å². The summed E-state index contributed by atoms with van der Waals surface area (Å²) >= 11 is 0. The molecule has 0 radical (unpaired) electrons. The Morgan fingerprint density at radius 3 is 2.07 bits per heavy atom. The largest absolute Gasteiger partial charge is 0.337 e. The number of rotatable bonds is 9. The number of carbonyl (C=O) groups is 3. The highest BCUT2D eigenvalue weighted by Gasteiger charge is 2.50. The quantitative estimate of drug-likeness (QED) is 0.425. The normalized spacial score (nSPS) is 19.4. The van der Waals surface area contributed by atoms with Gasteiger partial charge in [0.1, 0.15) is 12.2 Å². The summed E-state index contributed by atoms with van der Waals surface area (Å²) in [5, 5.41) is 6.32. The highest BCUT2D eigenvalue weighted by atomic mass is 16.2. The molecule has 1 unspecified atom stereocenters. The number of fused-ring (bicyclic) bond motifs is 1. The van der Waals surface area contributed by atoms with Crippen molar-refractivity contribution in [2.24, 2.45) is 0 Å². The zero-order valence-electron chi connectivity index (χ0n) is 23.9. The van der Waals surface area contributed by atoms with Gasteiger partial charge >= 0.3 is 6.03 Å². The lowest BCUT2D eigenvalue weighted by Gasteiger charge is -2.54. The van der Waals surface area contributed by atoms with E-state index in [0.717, 1.165) is 18.4 Å². The third kappa shape index (κ3) is 6.28. The molecule has 2 atom stereocenters. The van der Waals surface area contributed by atoms with Crippen LogP contribution in [0.25, 0.3) is 0 Å². The van der Waals surface area contributed by atoms with Crippen LogP contribution in [0.4, 0.5) is 4.79 Å². The van der Waals surface area contributed by atoms with Crippen LogP contribution in [0.3, 0.4) is 0 Å². The van der Waals surface area contributed by atoms with E-state index < -0.39 is 12.2 Å². The van der Waals surface area contributed by atoms with Gasteiger partial charge in [0, 0.05) is 26.1 Å². The van der Waals surface area contributed by atoms with Gasteiger partial charge in [-0.15, -0.1) is 0 Å². The Hall–Kier alpha value is -4.17. The summed E-state index contributed by atoms with van der Waals surface area (Å²) in [7, 11) is 1.76. The Balaban J connectivity index is 1.39. The number of benzene rings is 3. The van der Waals surface area contributed by atoms with Crippen LogP contribution in [-0.4, -0.2) is 76.6 Å². The highest BCUT2D eigenvalue weighted by Crippen LogP contribution is 2.31. The van der Waals surface area contributed by atoms with Crippen LogP contribution in [0.2, 0.25) is 0 Å². The van der Waals surface area contributed by atoms with E-state index in [0.29, 0.717) is 19.5 Å². The number of hydrogen-bond acceptors (Lipinski definition) is 4. The minimum absolute atomic E-state index is 0.0366. The molecule has 3 aromatic rings. The SMILES string of the molecule is CCC[C@H]1C(=O)N(CCC(c2ccccc2)c2ccccc2)CC2N1C(=O)CN(C)N2C(=O)NCc1ccccc1. The van der Waals surface area contributed by atoms with Gasteiger partial charge in [0.15, 0.2) is 0 Å². The number of nitrogens with one attached hydrogen (secondary N) is 1. The van der Waals surface area contributed by atoms with Gasteiger partial charge in [0.05, 0.1) is 13.1 Å². The maximum Gasteiger partial charge on any atom is 0.334 e. The Kier molecular flexibility index (Phi) is 8.99. The van der Waals surface area contributed by atoms with Crippen molar-refractivity contribution in [3.63, 3.8) is 0 Å². The second kappa shape index (κ2) is 13.0. The molecule has 8 heteroatoms. The molecule has 0 aliphatic carbocycles. The third-order valence-corrected chi connectivity index (χ3v) is 8.09. The fraction of sp³-hybridized carbons (Fsp3) is 0.364. The van der Waals surface area contributed by atoms with Crippen molar-refractivity contribution < 1.29 is 14.4 Å². The molecule has 8 nitrogen and oxygen atoms in total. The van der Waals surface area contributed by atoms with Crippen molar-refractivity contribution in [2.75, 3.05) is 26.7 Å². The number of likely N-dealkylation sites (N-methyl/N-ethyl adjacent to an activating group) is 1. The zero-order chi connectivity index (χ0) is 28.8. The number of urea groups is 1. The van der Waals surface area contributed by atoms with E-state index in [1.807, 2.05) is 78.6 Å². The number of carbonyl (C=O) groups excluding carboxylic acids is 3. The van der Waals surface area contributed by atoms with E-state index >= 15 is 0 Å². The van der Waals surface area contributed by atoms with Gasteiger partial charge < -0.3 is 15.1 Å². The Bertz CT molecular complexity index is 1280. The van der Waals surface area contributed by atoms with E-state index in [1.54, 1.807) is 22.0 Å². The fourth-order valence-electron chi connectivity index (χ4n) is 6.09. The van der Waals surface area contributed by atoms with E-state index in [-0.39, 0.29) is 36.9 Å². The second-order valence-electron chi connectivity index (χ2n) is 10.8. The number of hydrogen-bond donors (Lipinski definition) is 1. The van der Waals surface area contributed by atoms with Crippen molar-refractivity contribution in [3.8, 4) is 0 Å².